The molecule has 1 aliphatic carbocycles. The Morgan fingerprint density at radius 2 is 2.44 bits per heavy atom. The zero-order valence-electron chi connectivity index (χ0n) is 8.93. The summed E-state index contributed by atoms with van der Waals surface area (Å²) in [6.45, 7) is 0.310. The van der Waals surface area contributed by atoms with Gasteiger partial charge in [0.25, 0.3) is 0 Å². The number of nitrogens with zero attached hydrogens (tertiary/aromatic N) is 3. The first-order valence-corrected chi connectivity index (χ1v) is 5.38. The number of thiocarbonyl (C=S) groups is 1. The summed E-state index contributed by atoms with van der Waals surface area (Å²) in [6, 6.07) is 0. The Balaban J connectivity index is 1.92. The standard InChI is InChI=1S/C9H13N5OS/c1-14-5-12-6(13-14)4-11-8(15)9(2-3-9)7(10)16/h5H,2-4H2,1H3,(H2,10,16)(H,11,15). The molecule has 1 fully saturated rings. The van der Waals surface area contributed by atoms with E-state index in [1.807, 2.05) is 0 Å². The van der Waals surface area contributed by atoms with E-state index in [0.29, 0.717) is 12.4 Å². The van der Waals surface area contributed by atoms with Crippen LogP contribution in [0.1, 0.15) is 18.7 Å². The average Bonchev–Trinajstić information content (AvgIpc) is 2.95. The van der Waals surface area contributed by atoms with Crippen molar-refractivity contribution in [3.05, 3.63) is 12.2 Å². The van der Waals surface area contributed by atoms with Crippen LogP contribution < -0.4 is 11.1 Å². The highest BCUT2D eigenvalue weighted by atomic mass is 32.1. The van der Waals surface area contributed by atoms with Crippen molar-refractivity contribution >= 4 is 23.1 Å². The fraction of sp³-hybridized carbons (Fsp3) is 0.556. The second kappa shape index (κ2) is 3.82. The maximum Gasteiger partial charge on any atom is 0.233 e. The van der Waals surface area contributed by atoms with Crippen LogP contribution in [-0.4, -0.2) is 25.7 Å². The lowest BCUT2D eigenvalue weighted by Gasteiger charge is -2.12. The number of aryl methyl sites for hydroxylation is 1. The SMILES string of the molecule is Cn1cnc(CNC(=O)C2(C(N)=S)CC2)n1. The maximum atomic E-state index is 11.8. The molecule has 7 heteroatoms. The number of nitrogens with two attached hydrogens (primary N) is 1. The van der Waals surface area contributed by atoms with Gasteiger partial charge in [-0.1, -0.05) is 12.2 Å². The van der Waals surface area contributed by atoms with Gasteiger partial charge in [-0.25, -0.2) is 4.98 Å². The van der Waals surface area contributed by atoms with E-state index >= 15 is 0 Å². The lowest BCUT2D eigenvalue weighted by Crippen LogP contribution is -2.39. The smallest absolute Gasteiger partial charge is 0.233 e. The molecule has 0 atom stereocenters. The van der Waals surface area contributed by atoms with E-state index in [0.717, 1.165) is 12.8 Å². The molecule has 16 heavy (non-hydrogen) atoms. The molecule has 0 aliphatic heterocycles. The molecule has 0 unspecified atom stereocenters. The number of carbonyl (C=O) groups is 1. The second-order valence-electron chi connectivity index (χ2n) is 3.96. The van der Waals surface area contributed by atoms with Crippen LogP contribution in [0.25, 0.3) is 0 Å². The van der Waals surface area contributed by atoms with Crippen LogP contribution >= 0.6 is 12.2 Å². The predicted molar refractivity (Wildman–Crippen MR) is 61.3 cm³/mol. The van der Waals surface area contributed by atoms with Gasteiger partial charge in [0.2, 0.25) is 5.91 Å². The van der Waals surface area contributed by atoms with Crippen molar-refractivity contribution in [2.45, 2.75) is 19.4 Å². The number of amides is 1. The van der Waals surface area contributed by atoms with Crippen LogP contribution in [0.5, 0.6) is 0 Å². The van der Waals surface area contributed by atoms with Crippen molar-refractivity contribution in [2.24, 2.45) is 18.2 Å². The van der Waals surface area contributed by atoms with E-state index in [4.69, 9.17) is 18.0 Å². The molecule has 2 rings (SSSR count). The molecule has 0 aromatic carbocycles. The van der Waals surface area contributed by atoms with Gasteiger partial charge in [-0.2, -0.15) is 5.10 Å². The molecular formula is C9H13N5OS. The lowest BCUT2D eigenvalue weighted by atomic mass is 10.1. The normalized spacial score (nSPS) is 16.8. The molecule has 1 aliphatic rings. The van der Waals surface area contributed by atoms with E-state index in [2.05, 4.69) is 15.4 Å². The highest BCUT2D eigenvalue weighted by molar-refractivity contribution is 7.80. The van der Waals surface area contributed by atoms with E-state index < -0.39 is 5.41 Å². The van der Waals surface area contributed by atoms with E-state index in [9.17, 15) is 4.79 Å². The Morgan fingerprint density at radius 1 is 1.75 bits per heavy atom. The summed E-state index contributed by atoms with van der Waals surface area (Å²) < 4.78 is 1.59. The number of aromatic nitrogens is 3. The fourth-order valence-corrected chi connectivity index (χ4v) is 1.80. The Morgan fingerprint density at radius 3 is 2.88 bits per heavy atom. The van der Waals surface area contributed by atoms with E-state index in [-0.39, 0.29) is 10.9 Å². The van der Waals surface area contributed by atoms with Gasteiger partial charge < -0.3 is 11.1 Å². The Labute approximate surface area is 98.2 Å². The quantitative estimate of drug-likeness (QED) is 0.692. The zero-order valence-corrected chi connectivity index (χ0v) is 9.75. The van der Waals surface area contributed by atoms with Gasteiger partial charge in [-0.3, -0.25) is 9.48 Å². The summed E-state index contributed by atoms with van der Waals surface area (Å²) in [5.74, 6) is 0.460. The Kier molecular flexibility index (Phi) is 2.63. The largest absolute Gasteiger partial charge is 0.392 e. The Bertz CT molecular complexity index is 437. The van der Waals surface area contributed by atoms with Crippen LogP contribution in [0.2, 0.25) is 0 Å². The fourth-order valence-electron chi connectivity index (χ4n) is 1.50. The van der Waals surface area contributed by atoms with Crippen LogP contribution in [0.4, 0.5) is 0 Å². The van der Waals surface area contributed by atoms with Crippen LogP contribution in [0.15, 0.2) is 6.33 Å². The van der Waals surface area contributed by atoms with Crippen molar-refractivity contribution in [3.8, 4) is 0 Å². The minimum atomic E-state index is -0.607. The summed E-state index contributed by atoms with van der Waals surface area (Å²) in [6.07, 6.45) is 3.07. The average molecular weight is 239 g/mol. The monoisotopic (exact) mass is 239 g/mol. The molecule has 1 amide bonds. The topological polar surface area (TPSA) is 85.8 Å². The molecule has 1 aromatic rings. The number of hydrogen-bond acceptors (Lipinski definition) is 4. The third-order valence-corrected chi connectivity index (χ3v) is 3.10. The van der Waals surface area contributed by atoms with Crippen LogP contribution in [0.3, 0.4) is 0 Å². The van der Waals surface area contributed by atoms with Gasteiger partial charge >= 0.3 is 0 Å². The molecule has 3 N–H and O–H groups in total. The molecule has 1 heterocycles. The first kappa shape index (κ1) is 11.0. The number of nitrogens with one attached hydrogen (secondary N) is 1. The first-order valence-electron chi connectivity index (χ1n) is 4.97. The maximum absolute atomic E-state index is 11.8. The van der Waals surface area contributed by atoms with Gasteiger partial charge in [0.15, 0.2) is 5.82 Å². The van der Waals surface area contributed by atoms with E-state index in [1.165, 1.54) is 0 Å². The molecule has 1 aromatic heterocycles. The molecule has 0 radical (unpaired) electrons. The third kappa shape index (κ3) is 1.90. The van der Waals surface area contributed by atoms with Gasteiger partial charge in [0, 0.05) is 7.05 Å². The Hall–Kier alpha value is -1.50. The summed E-state index contributed by atoms with van der Waals surface area (Å²) in [4.78, 5) is 16.1. The van der Waals surface area contributed by atoms with Gasteiger partial charge in [-0.15, -0.1) is 0 Å². The number of carbonyl (C=O) groups excluding carboxylic acids is 1. The van der Waals surface area contributed by atoms with Crippen molar-refractivity contribution in [3.63, 3.8) is 0 Å². The molecule has 0 bridgehead atoms. The number of rotatable bonds is 4. The van der Waals surface area contributed by atoms with Crippen molar-refractivity contribution in [1.82, 2.24) is 20.1 Å². The molecule has 0 saturated heterocycles. The summed E-state index contributed by atoms with van der Waals surface area (Å²) >= 11 is 4.89. The highest BCUT2D eigenvalue weighted by Crippen LogP contribution is 2.46. The summed E-state index contributed by atoms with van der Waals surface area (Å²) in [5, 5.41) is 6.81. The van der Waals surface area contributed by atoms with Crippen LogP contribution in [0, 0.1) is 5.41 Å². The molecule has 6 nitrogen and oxygen atoms in total. The summed E-state index contributed by atoms with van der Waals surface area (Å²) in [5.41, 5.74) is 4.93. The van der Waals surface area contributed by atoms with Crippen molar-refractivity contribution < 1.29 is 4.79 Å². The highest BCUT2D eigenvalue weighted by Gasteiger charge is 2.52. The van der Waals surface area contributed by atoms with Crippen LogP contribution in [-0.2, 0) is 18.4 Å². The molecule has 0 spiro atoms. The van der Waals surface area contributed by atoms with Gasteiger partial charge in [-0.05, 0) is 12.8 Å². The molecule has 1 saturated carbocycles. The zero-order chi connectivity index (χ0) is 11.8. The molecular weight excluding hydrogens is 226 g/mol. The van der Waals surface area contributed by atoms with Crippen molar-refractivity contribution in [2.75, 3.05) is 0 Å². The first-order chi connectivity index (χ1) is 7.54. The lowest BCUT2D eigenvalue weighted by molar-refractivity contribution is -0.124. The van der Waals surface area contributed by atoms with Crippen molar-refractivity contribution in [1.29, 1.82) is 0 Å². The van der Waals surface area contributed by atoms with Gasteiger partial charge in [0.05, 0.1) is 16.9 Å². The molecule has 86 valence electrons. The second-order valence-corrected chi connectivity index (χ2v) is 4.40. The number of hydrogen-bond donors (Lipinski definition) is 2. The predicted octanol–water partition coefficient (Wildman–Crippen LogP) is -0.502. The summed E-state index contributed by atoms with van der Waals surface area (Å²) in [7, 11) is 1.77. The van der Waals surface area contributed by atoms with E-state index in [1.54, 1.807) is 18.1 Å². The minimum Gasteiger partial charge on any atom is -0.392 e. The minimum absolute atomic E-state index is 0.118. The van der Waals surface area contributed by atoms with Gasteiger partial charge in [0.1, 0.15) is 6.33 Å². The third-order valence-electron chi connectivity index (χ3n) is 2.71.